The Morgan fingerprint density at radius 3 is 0.605 bits per heavy atom. The lowest BCUT2D eigenvalue weighted by molar-refractivity contribution is 0.0876. The molecule has 0 spiro atoms. The van der Waals surface area contributed by atoms with Crippen molar-refractivity contribution in [1.29, 1.82) is 0 Å². The maximum absolute atomic E-state index is 17.0. The number of ether oxygens (including phenoxy) is 8. The van der Waals surface area contributed by atoms with Gasteiger partial charge in [-0.3, -0.25) is 19.2 Å². The van der Waals surface area contributed by atoms with Crippen molar-refractivity contribution in [3.05, 3.63) is 374 Å². The van der Waals surface area contributed by atoms with Crippen molar-refractivity contribution in [3.8, 4) is 92.0 Å². The fraction of sp³-hybridized carbons (Fsp3) is 0. The lowest BCUT2D eigenvalue weighted by Gasteiger charge is -2.33. The summed E-state index contributed by atoms with van der Waals surface area (Å²) in [5.74, 6) is 1.07. The molecule has 21 rings (SSSR count). The van der Waals surface area contributed by atoms with Crippen LogP contribution in [0.2, 0.25) is 0 Å². The van der Waals surface area contributed by atoms with E-state index in [0.717, 1.165) is 52.9 Å². The molecule has 540 valence electrons. The van der Waals surface area contributed by atoms with Gasteiger partial charge in [0.25, 0.3) is 23.6 Å². The second-order valence-corrected chi connectivity index (χ2v) is 27.9. The van der Waals surface area contributed by atoms with Crippen LogP contribution in [0.3, 0.4) is 0 Å². The first kappa shape index (κ1) is 66.4. The van der Waals surface area contributed by atoms with Gasteiger partial charge in [0.1, 0.15) is 80.4 Å². The van der Waals surface area contributed by atoms with E-state index in [2.05, 4.69) is 0 Å². The van der Waals surface area contributed by atoms with Crippen molar-refractivity contribution >= 4 is 121 Å². The van der Waals surface area contributed by atoms with Gasteiger partial charge in [-0.1, -0.05) is 206 Å². The molecule has 0 unspecified atom stereocenters. The number of nitrogens with zero attached hydrogens (tertiary/aromatic N) is 2. The van der Waals surface area contributed by atoms with E-state index in [1.54, 1.807) is 109 Å². The Balaban J connectivity index is 0.851. The Bertz CT molecular complexity index is 6380. The van der Waals surface area contributed by atoms with Gasteiger partial charge in [-0.05, 0) is 189 Å². The quantitative estimate of drug-likeness (QED) is 0.0457. The van der Waals surface area contributed by atoms with Crippen LogP contribution in [0.15, 0.2) is 352 Å². The molecule has 0 fully saturated rings. The average molecular weight is 1480 g/mol. The van der Waals surface area contributed by atoms with Crippen molar-refractivity contribution in [2.75, 3.05) is 9.80 Å². The molecule has 0 radical (unpaired) electrons. The molecule has 0 saturated carbocycles. The van der Waals surface area contributed by atoms with Gasteiger partial charge in [0, 0.05) is 43.1 Å². The zero-order chi connectivity index (χ0) is 76.1. The molecule has 0 N–H and O–H groups in total. The van der Waals surface area contributed by atoms with Crippen LogP contribution in [0.4, 0.5) is 11.4 Å². The second kappa shape index (κ2) is 27.1. The monoisotopic (exact) mass is 1480 g/mol. The van der Waals surface area contributed by atoms with Gasteiger partial charge >= 0.3 is 0 Å². The summed E-state index contributed by atoms with van der Waals surface area (Å²) in [4.78, 5) is 70.2. The maximum atomic E-state index is 17.0. The van der Waals surface area contributed by atoms with Gasteiger partial charge in [-0.2, -0.15) is 0 Å². The van der Waals surface area contributed by atoms with Crippen LogP contribution in [0.1, 0.15) is 41.4 Å². The number of hydrogen-bond acceptors (Lipinski definition) is 12. The molecule has 19 aromatic rings. The topological polar surface area (TPSA) is 149 Å². The third kappa shape index (κ3) is 11.4. The predicted octanol–water partition coefficient (Wildman–Crippen LogP) is 26.3. The second-order valence-electron chi connectivity index (χ2n) is 27.9. The molecule has 0 bridgehead atoms. The molecule has 2 heterocycles. The van der Waals surface area contributed by atoms with Gasteiger partial charge in [0.05, 0.1) is 22.3 Å². The van der Waals surface area contributed by atoms with E-state index in [9.17, 15) is 0 Å². The largest absolute Gasteiger partial charge is 0.457 e. The van der Waals surface area contributed by atoms with E-state index in [1.807, 2.05) is 243 Å². The van der Waals surface area contributed by atoms with Crippen LogP contribution in [-0.4, -0.2) is 23.6 Å². The minimum Gasteiger partial charge on any atom is -0.457 e. The summed E-state index contributed by atoms with van der Waals surface area (Å²) in [5.41, 5.74) is 0.161. The predicted molar refractivity (Wildman–Crippen MR) is 445 cm³/mol. The lowest BCUT2D eigenvalue weighted by atomic mass is 9.80. The highest BCUT2D eigenvalue weighted by Crippen LogP contribution is 2.60. The number of fused-ring (bicyclic) bond motifs is 6. The average Bonchev–Trinajstić information content (AvgIpc) is 0.669. The number of anilines is 2. The number of amides is 4. The summed E-state index contributed by atoms with van der Waals surface area (Å²) in [6.45, 7) is 0. The Hall–Kier alpha value is -15.8. The first-order chi connectivity index (χ1) is 56.1. The van der Waals surface area contributed by atoms with E-state index in [1.165, 1.54) is 0 Å². The van der Waals surface area contributed by atoms with Gasteiger partial charge in [-0.15, -0.1) is 0 Å². The standard InChI is InChI=1S/C100H58N2O12/c103-97-75-55-83(107-67-31-5-1-6-32-67)89-90-84(108-68-33-7-2-8-34-68)56-77-88-78(100(106)102(99(77)105)96-81(113-73-49-45-61-25-15-19-29-65(61)53-73)41-22-42-82(96)114-74-50-46-62-26-16-20-30-66(62)54-74)58-86(110-70-37-11-4-12-38-70)92(94(88)90)91-85(109-69-35-9-3-10-36-69)57-76(87(75)93(89)91)98(104)101(97)95-79(111-71-47-43-59-23-13-17-27-63(59)51-71)39-21-40-80(95)112-72-48-44-60-24-14-18-28-64(60)52-72/h1-58H. The highest BCUT2D eigenvalue weighted by molar-refractivity contribution is 6.48. The molecule has 14 heteroatoms. The number of hydrogen-bond donors (Lipinski definition) is 0. The van der Waals surface area contributed by atoms with Gasteiger partial charge < -0.3 is 37.9 Å². The minimum atomic E-state index is -0.764. The van der Waals surface area contributed by atoms with Crippen molar-refractivity contribution < 1.29 is 57.1 Å². The van der Waals surface area contributed by atoms with Crippen molar-refractivity contribution in [2.45, 2.75) is 0 Å². The Labute approximate surface area is 650 Å². The fourth-order valence-electron chi connectivity index (χ4n) is 15.9. The van der Waals surface area contributed by atoms with Crippen LogP contribution < -0.4 is 47.7 Å². The summed E-state index contributed by atoms with van der Waals surface area (Å²) < 4.78 is 57.0. The first-order valence-electron chi connectivity index (χ1n) is 37.1. The van der Waals surface area contributed by atoms with E-state index in [4.69, 9.17) is 37.9 Å². The fourth-order valence-corrected chi connectivity index (χ4v) is 15.9. The van der Waals surface area contributed by atoms with E-state index in [-0.39, 0.29) is 90.4 Å². The molecule has 4 amide bonds. The Morgan fingerprint density at radius 2 is 0.368 bits per heavy atom. The summed E-state index contributed by atoms with van der Waals surface area (Å²) in [6, 6.07) is 108. The summed E-state index contributed by atoms with van der Waals surface area (Å²) in [7, 11) is 0. The maximum Gasteiger partial charge on any atom is 0.266 e. The third-order valence-corrected chi connectivity index (χ3v) is 20.9. The number of carbonyl (C=O) groups is 4. The van der Waals surface area contributed by atoms with E-state index in [0.29, 0.717) is 78.3 Å². The zero-order valence-electron chi connectivity index (χ0n) is 60.3. The first-order valence-corrected chi connectivity index (χ1v) is 37.1. The molecule has 0 atom stereocenters. The smallest absolute Gasteiger partial charge is 0.266 e. The number of rotatable bonds is 18. The molecular weight excluding hydrogens is 1420 g/mol. The van der Waals surface area contributed by atoms with Crippen LogP contribution in [-0.2, 0) is 0 Å². The number of imide groups is 2. The Kier molecular flexibility index (Phi) is 15.8. The van der Waals surface area contributed by atoms with Crippen LogP contribution in [0.25, 0.3) is 86.2 Å². The zero-order valence-corrected chi connectivity index (χ0v) is 60.3. The SMILES string of the molecule is O=C1c2cc(Oc3ccccc3)c3c4c(Oc5ccccc5)cc5c6c(cc(Oc7ccccc7)c(c7c(Oc8ccccc8)cc(c2c37)C(=O)N1c1c(Oc2ccc3ccccc3c2)cccc1Oc1ccc2ccccc2c1)c64)C(=O)N(c1c(Oc2ccc3ccccc3c2)cccc1Oc1ccc2ccccc2c1)C5=O. The van der Waals surface area contributed by atoms with Crippen LogP contribution in [0.5, 0.6) is 92.0 Å². The molecule has 0 saturated heterocycles. The van der Waals surface area contributed by atoms with Crippen molar-refractivity contribution in [2.24, 2.45) is 0 Å². The van der Waals surface area contributed by atoms with Crippen molar-refractivity contribution in [1.82, 2.24) is 0 Å². The number of carbonyl (C=O) groups excluding carboxylic acids is 4. The normalized spacial score (nSPS) is 12.6. The molecular formula is C100H58N2O12. The van der Waals surface area contributed by atoms with Gasteiger partial charge in [0.15, 0.2) is 23.0 Å². The number of para-hydroxylation sites is 6. The molecule has 14 nitrogen and oxygen atoms in total. The molecule has 19 aromatic carbocycles. The minimum absolute atomic E-state index is 0.00395. The van der Waals surface area contributed by atoms with Crippen LogP contribution >= 0.6 is 0 Å². The number of benzene rings is 19. The summed E-state index contributed by atoms with van der Waals surface area (Å²) >= 11 is 0. The highest BCUT2D eigenvalue weighted by Gasteiger charge is 2.45. The molecule has 2 aliphatic heterocycles. The summed E-state index contributed by atoms with van der Waals surface area (Å²) in [6.07, 6.45) is 0. The van der Waals surface area contributed by atoms with E-state index < -0.39 is 23.6 Å². The van der Waals surface area contributed by atoms with Crippen LogP contribution in [0, 0.1) is 0 Å². The molecule has 0 aromatic heterocycles. The molecule has 114 heavy (non-hydrogen) atoms. The molecule has 0 aliphatic carbocycles. The Morgan fingerprint density at radius 1 is 0.158 bits per heavy atom. The third-order valence-electron chi connectivity index (χ3n) is 20.9. The van der Waals surface area contributed by atoms with E-state index >= 15 is 19.2 Å². The van der Waals surface area contributed by atoms with Crippen molar-refractivity contribution in [3.63, 3.8) is 0 Å². The lowest BCUT2D eigenvalue weighted by Crippen LogP contribution is -2.41. The molecule has 2 aliphatic rings. The highest BCUT2D eigenvalue weighted by atomic mass is 16.5. The van der Waals surface area contributed by atoms with Gasteiger partial charge in [-0.25, -0.2) is 9.80 Å². The van der Waals surface area contributed by atoms with Gasteiger partial charge in [0.2, 0.25) is 0 Å². The summed E-state index contributed by atoms with van der Waals surface area (Å²) in [5, 5.41) is 9.83.